The van der Waals surface area contributed by atoms with Gasteiger partial charge in [0.25, 0.3) is 5.91 Å². The largest absolute Gasteiger partial charge is 0.378 e. The highest BCUT2D eigenvalue weighted by Gasteiger charge is 2.24. The summed E-state index contributed by atoms with van der Waals surface area (Å²) in [5.41, 5.74) is 1.62. The normalized spacial score (nSPS) is 15.6. The van der Waals surface area contributed by atoms with Crippen molar-refractivity contribution < 1.29 is 14.3 Å². The molecule has 1 heterocycles. The highest BCUT2D eigenvalue weighted by atomic mass is 16.5. The number of Topliss-reactive ketones (excluding diaryl/α,β-unsaturated/α-hetero) is 1. The zero-order valence-electron chi connectivity index (χ0n) is 11.4. The van der Waals surface area contributed by atoms with Gasteiger partial charge in [-0.1, -0.05) is 38.1 Å². The van der Waals surface area contributed by atoms with Crippen molar-refractivity contribution in [3.05, 3.63) is 35.4 Å². The summed E-state index contributed by atoms with van der Waals surface area (Å²) in [5, 5.41) is 0. The van der Waals surface area contributed by atoms with Crippen LogP contribution < -0.4 is 0 Å². The summed E-state index contributed by atoms with van der Waals surface area (Å²) in [6.45, 7) is 6.19. The Balaban J connectivity index is 2.08. The Kier molecular flexibility index (Phi) is 4.32. The molecule has 0 N–H and O–H groups in total. The molecule has 4 heteroatoms. The molecule has 4 nitrogen and oxygen atoms in total. The lowest BCUT2D eigenvalue weighted by Crippen LogP contribution is -2.44. The highest BCUT2D eigenvalue weighted by molar-refractivity contribution is 6.42. The van der Waals surface area contributed by atoms with E-state index >= 15 is 0 Å². The molecule has 0 radical (unpaired) electrons. The Bertz CT molecular complexity index is 459. The molecule has 1 amide bonds. The van der Waals surface area contributed by atoms with Gasteiger partial charge in [-0.3, -0.25) is 9.59 Å². The fourth-order valence-electron chi connectivity index (χ4n) is 2.05. The van der Waals surface area contributed by atoms with E-state index in [-0.39, 0.29) is 0 Å². The van der Waals surface area contributed by atoms with Crippen molar-refractivity contribution in [3.8, 4) is 0 Å². The molecular weight excluding hydrogens is 242 g/mol. The predicted molar refractivity (Wildman–Crippen MR) is 72.3 cm³/mol. The molecule has 1 saturated heterocycles. The lowest BCUT2D eigenvalue weighted by Gasteiger charge is -2.26. The van der Waals surface area contributed by atoms with Crippen LogP contribution in [-0.4, -0.2) is 42.9 Å². The number of carbonyl (C=O) groups excluding carboxylic acids is 2. The number of amides is 1. The predicted octanol–water partition coefficient (Wildman–Crippen LogP) is 1.85. The molecule has 0 bridgehead atoms. The summed E-state index contributed by atoms with van der Waals surface area (Å²) >= 11 is 0. The summed E-state index contributed by atoms with van der Waals surface area (Å²) in [4.78, 5) is 25.7. The van der Waals surface area contributed by atoms with Crippen LogP contribution in [0.25, 0.3) is 0 Å². The molecule has 1 fully saturated rings. The molecule has 1 aromatic rings. The molecule has 0 aromatic heterocycles. The maximum absolute atomic E-state index is 12.1. The minimum atomic E-state index is -0.433. The van der Waals surface area contributed by atoms with Crippen molar-refractivity contribution in [1.82, 2.24) is 4.90 Å². The molecule has 1 aromatic carbocycles. The van der Waals surface area contributed by atoms with Gasteiger partial charge >= 0.3 is 0 Å². The van der Waals surface area contributed by atoms with Crippen LogP contribution in [0.1, 0.15) is 35.7 Å². The Morgan fingerprint density at radius 3 is 2.21 bits per heavy atom. The van der Waals surface area contributed by atoms with Gasteiger partial charge in [0, 0.05) is 18.7 Å². The van der Waals surface area contributed by atoms with Gasteiger partial charge in [-0.2, -0.15) is 0 Å². The Morgan fingerprint density at radius 1 is 1.11 bits per heavy atom. The van der Waals surface area contributed by atoms with E-state index in [1.807, 2.05) is 12.1 Å². The van der Waals surface area contributed by atoms with Crippen molar-refractivity contribution in [2.75, 3.05) is 26.3 Å². The number of benzene rings is 1. The van der Waals surface area contributed by atoms with E-state index in [9.17, 15) is 9.59 Å². The van der Waals surface area contributed by atoms with Crippen LogP contribution >= 0.6 is 0 Å². The van der Waals surface area contributed by atoms with Crippen molar-refractivity contribution >= 4 is 11.7 Å². The van der Waals surface area contributed by atoms with E-state index in [0.717, 1.165) is 5.56 Å². The second-order valence-corrected chi connectivity index (χ2v) is 5.01. The summed E-state index contributed by atoms with van der Waals surface area (Å²) in [5.74, 6) is -0.447. The lowest BCUT2D eigenvalue weighted by atomic mass is 10.0. The van der Waals surface area contributed by atoms with E-state index in [2.05, 4.69) is 13.8 Å². The minimum absolute atomic E-state index is 0.416. The molecule has 0 saturated carbocycles. The molecule has 102 valence electrons. The second kappa shape index (κ2) is 5.97. The fraction of sp³-hybridized carbons (Fsp3) is 0.467. The average molecular weight is 261 g/mol. The number of ketones is 1. The number of carbonyl (C=O) groups is 2. The van der Waals surface area contributed by atoms with Gasteiger partial charge in [-0.25, -0.2) is 0 Å². The first-order chi connectivity index (χ1) is 9.09. The first-order valence-corrected chi connectivity index (χ1v) is 6.61. The Morgan fingerprint density at radius 2 is 1.68 bits per heavy atom. The van der Waals surface area contributed by atoms with Crippen LogP contribution in [-0.2, 0) is 9.53 Å². The van der Waals surface area contributed by atoms with Crippen LogP contribution in [0.5, 0.6) is 0 Å². The van der Waals surface area contributed by atoms with E-state index in [1.54, 1.807) is 17.0 Å². The number of hydrogen-bond acceptors (Lipinski definition) is 3. The number of nitrogens with zero attached hydrogens (tertiary/aromatic N) is 1. The summed E-state index contributed by atoms with van der Waals surface area (Å²) in [6.07, 6.45) is 0. The van der Waals surface area contributed by atoms with Crippen molar-refractivity contribution in [2.45, 2.75) is 19.8 Å². The standard InChI is InChI=1S/C15H19NO3/c1-11(2)12-3-5-13(6-4-12)14(17)15(18)16-7-9-19-10-8-16/h3-6,11H,7-10H2,1-2H3. The van der Waals surface area contributed by atoms with Gasteiger partial charge in [0.1, 0.15) is 0 Å². The Hall–Kier alpha value is -1.68. The number of ether oxygens (including phenoxy) is 1. The van der Waals surface area contributed by atoms with E-state index in [1.165, 1.54) is 0 Å². The third kappa shape index (κ3) is 3.20. The molecule has 1 aliphatic heterocycles. The molecule has 0 spiro atoms. The lowest BCUT2D eigenvalue weighted by molar-refractivity contribution is -0.130. The SMILES string of the molecule is CC(C)c1ccc(C(=O)C(=O)N2CCOCC2)cc1. The third-order valence-electron chi connectivity index (χ3n) is 3.33. The molecular formula is C15H19NO3. The summed E-state index contributed by atoms with van der Waals surface area (Å²) < 4.78 is 5.17. The van der Waals surface area contributed by atoms with Gasteiger partial charge in [-0.05, 0) is 11.5 Å². The zero-order chi connectivity index (χ0) is 13.8. The van der Waals surface area contributed by atoms with Gasteiger partial charge in [0.15, 0.2) is 0 Å². The molecule has 1 aliphatic rings. The molecule has 2 rings (SSSR count). The third-order valence-corrected chi connectivity index (χ3v) is 3.33. The summed E-state index contributed by atoms with van der Waals surface area (Å²) in [6, 6.07) is 7.28. The maximum Gasteiger partial charge on any atom is 0.295 e. The van der Waals surface area contributed by atoms with E-state index < -0.39 is 11.7 Å². The molecule has 19 heavy (non-hydrogen) atoms. The average Bonchev–Trinajstić information content (AvgIpc) is 2.46. The van der Waals surface area contributed by atoms with Crippen LogP contribution in [0, 0.1) is 0 Å². The summed E-state index contributed by atoms with van der Waals surface area (Å²) in [7, 11) is 0. The Labute approximate surface area is 113 Å². The van der Waals surface area contributed by atoms with Crippen LogP contribution in [0.2, 0.25) is 0 Å². The molecule has 0 unspecified atom stereocenters. The highest BCUT2D eigenvalue weighted by Crippen LogP contribution is 2.15. The van der Waals surface area contributed by atoms with Crippen molar-refractivity contribution in [1.29, 1.82) is 0 Å². The first kappa shape index (κ1) is 13.7. The minimum Gasteiger partial charge on any atom is -0.378 e. The van der Waals surface area contributed by atoms with Crippen LogP contribution in [0.3, 0.4) is 0 Å². The van der Waals surface area contributed by atoms with Gasteiger partial charge in [0.2, 0.25) is 5.78 Å². The zero-order valence-corrected chi connectivity index (χ0v) is 11.4. The molecule has 0 atom stereocenters. The van der Waals surface area contributed by atoms with Crippen molar-refractivity contribution in [2.24, 2.45) is 0 Å². The fourth-order valence-corrected chi connectivity index (χ4v) is 2.05. The number of hydrogen-bond donors (Lipinski definition) is 0. The van der Waals surface area contributed by atoms with E-state index in [4.69, 9.17) is 4.74 Å². The second-order valence-electron chi connectivity index (χ2n) is 5.01. The van der Waals surface area contributed by atoms with Crippen LogP contribution in [0.4, 0.5) is 0 Å². The first-order valence-electron chi connectivity index (χ1n) is 6.61. The maximum atomic E-state index is 12.1. The number of morpholine rings is 1. The smallest absolute Gasteiger partial charge is 0.295 e. The molecule has 0 aliphatic carbocycles. The van der Waals surface area contributed by atoms with E-state index in [0.29, 0.717) is 37.8 Å². The quantitative estimate of drug-likeness (QED) is 0.616. The topological polar surface area (TPSA) is 46.6 Å². The van der Waals surface area contributed by atoms with Gasteiger partial charge in [-0.15, -0.1) is 0 Å². The number of rotatable bonds is 3. The van der Waals surface area contributed by atoms with Crippen molar-refractivity contribution in [3.63, 3.8) is 0 Å². The van der Waals surface area contributed by atoms with Gasteiger partial charge < -0.3 is 9.64 Å². The van der Waals surface area contributed by atoms with Gasteiger partial charge in [0.05, 0.1) is 13.2 Å². The van der Waals surface area contributed by atoms with Crippen LogP contribution in [0.15, 0.2) is 24.3 Å². The monoisotopic (exact) mass is 261 g/mol.